The Labute approximate surface area is 356 Å². The second-order valence-electron chi connectivity index (χ2n) is 16.0. The van der Waals surface area contributed by atoms with Crippen LogP contribution in [0.5, 0.6) is 17.2 Å². The average molecular weight is 802 g/mol. The predicted octanol–water partition coefficient (Wildman–Crippen LogP) is 0.975. The van der Waals surface area contributed by atoms with E-state index in [0.29, 0.717) is 24.2 Å². The van der Waals surface area contributed by atoms with Crippen LogP contribution in [0.25, 0.3) is 10.8 Å². The quantitative estimate of drug-likeness (QED) is 0.101. The van der Waals surface area contributed by atoms with Crippen LogP contribution in [-0.2, 0) is 20.7 Å². The van der Waals surface area contributed by atoms with Crippen molar-refractivity contribution in [2.45, 2.75) is 84.9 Å². The van der Waals surface area contributed by atoms with Crippen molar-refractivity contribution >= 4 is 34.4 Å². The largest absolute Gasteiger partial charge is 1.00 e. The standard InChI is InChI=1S/C42H58N4O10.Na/c1-21-11-10-12-22(2)41(54)44-33-28(20-43-46-16-14-45(8)15-17-46)38(51)31-30-27(23(3)37(50)32(31)39(33)52)19-42(7,40(30)53)56-18-13-29(55-9)24(4)35(48)26(6)36(49)25(5)34(21)47;/h10-13,18,20-21,24-26,29,34-36,47-52H,14-17,19H2,1-9H3,(H,44,54);/q;+1/b11-10+,18-13+,22-12-,43-20-;/t21-,24-,25-,26+,29+,34+,35-,36+,42+;/m1./s1. The molecule has 0 spiro atoms. The Morgan fingerprint density at radius 2 is 1.51 bits per heavy atom. The first kappa shape index (κ1) is 46.2. The molecule has 1 fully saturated rings. The van der Waals surface area contributed by atoms with Crippen LogP contribution in [0.2, 0.25) is 0 Å². The van der Waals surface area contributed by atoms with E-state index in [2.05, 4.69) is 15.3 Å². The Morgan fingerprint density at radius 1 is 0.895 bits per heavy atom. The minimum Gasteiger partial charge on any atom is -0.507 e. The van der Waals surface area contributed by atoms with Gasteiger partial charge in [-0.2, -0.15) is 5.10 Å². The van der Waals surface area contributed by atoms with Crippen LogP contribution in [0.1, 0.15) is 68.6 Å². The van der Waals surface area contributed by atoms with Crippen LogP contribution < -0.4 is 34.9 Å². The maximum Gasteiger partial charge on any atom is 1.00 e. The molecule has 0 unspecified atom stereocenters. The zero-order chi connectivity index (χ0) is 41.4. The van der Waals surface area contributed by atoms with Crippen molar-refractivity contribution < 1.29 is 79.3 Å². The number of allylic oxidation sites excluding steroid dienone is 2. The molecule has 9 atom stereocenters. The van der Waals surface area contributed by atoms with Gasteiger partial charge in [0, 0.05) is 79.9 Å². The molecule has 7 N–H and O–H groups in total. The molecule has 15 heteroatoms. The number of anilines is 1. The van der Waals surface area contributed by atoms with E-state index in [4.69, 9.17) is 9.47 Å². The summed E-state index contributed by atoms with van der Waals surface area (Å²) in [4.78, 5) is 30.3. The molecular formula is C42H58N4NaO10+. The van der Waals surface area contributed by atoms with E-state index >= 15 is 0 Å². The second-order valence-corrected chi connectivity index (χ2v) is 16.0. The van der Waals surface area contributed by atoms with Gasteiger partial charge < -0.3 is 50.3 Å². The van der Waals surface area contributed by atoms with Crippen LogP contribution in [0.4, 0.5) is 5.69 Å². The number of carbonyl (C=O) groups is 2. The van der Waals surface area contributed by atoms with E-state index in [9.17, 15) is 40.2 Å². The Balaban J connectivity index is 0.00000720. The molecule has 0 radical (unpaired) electrons. The molecule has 1 amide bonds. The Morgan fingerprint density at radius 3 is 2.14 bits per heavy atom. The number of nitrogens with one attached hydrogen (secondary N) is 1. The number of benzene rings is 2. The van der Waals surface area contributed by atoms with E-state index in [-0.39, 0.29) is 74.9 Å². The first-order valence-corrected chi connectivity index (χ1v) is 19.2. The molecule has 2 aromatic carbocycles. The number of ketones is 1. The molecular weight excluding hydrogens is 743 g/mol. The maximum absolute atomic E-state index is 14.4. The zero-order valence-corrected chi connectivity index (χ0v) is 36.8. The summed E-state index contributed by atoms with van der Waals surface area (Å²) in [7, 11) is 3.47. The Bertz CT molecular complexity index is 1960. The van der Waals surface area contributed by atoms with Gasteiger partial charge in [0.1, 0.15) is 11.5 Å². The number of hydrogen-bond donors (Lipinski definition) is 7. The van der Waals surface area contributed by atoms with Crippen molar-refractivity contribution in [3.8, 4) is 17.2 Å². The van der Waals surface area contributed by atoms with Crippen molar-refractivity contribution in [3.63, 3.8) is 0 Å². The third kappa shape index (κ3) is 9.08. The SMILES string of the molecule is CO[C@H]1/C=C/O[C@@]2(C)Cc3c(C)c(O)c4c(O)c(c(/C=N\N5CCN(C)CC5)c(O)c4c3C2=O)NC(=O)/C(C)=C\C=C\[C@@H](C)[C@H](O)[C@@H](C)[C@H](O)[C@@H](C)[C@H](O)[C@@H]1C.[Na+]. The number of methoxy groups -OCH3 is 1. The van der Waals surface area contributed by atoms with Crippen molar-refractivity contribution in [3.05, 3.63) is 58.4 Å². The monoisotopic (exact) mass is 801 g/mol. The molecule has 2 aromatic rings. The van der Waals surface area contributed by atoms with Crippen LogP contribution in [0.3, 0.4) is 0 Å². The summed E-state index contributed by atoms with van der Waals surface area (Å²) in [6.07, 6.45) is 5.21. The van der Waals surface area contributed by atoms with Gasteiger partial charge in [-0.1, -0.05) is 45.9 Å². The topological polar surface area (TPSA) is 205 Å². The number of Topliss-reactive ketones (excluding diaryl/α,β-unsaturated/α-hetero) is 1. The number of ether oxygens (including phenoxy) is 2. The van der Waals surface area contributed by atoms with E-state index in [1.165, 1.54) is 25.7 Å². The van der Waals surface area contributed by atoms with Gasteiger partial charge in [0.05, 0.1) is 53.5 Å². The molecule has 14 nitrogen and oxygen atoms in total. The first-order chi connectivity index (χ1) is 26.3. The molecule has 4 aliphatic rings. The van der Waals surface area contributed by atoms with Crippen LogP contribution >= 0.6 is 0 Å². The second kappa shape index (κ2) is 18.6. The Hall–Kier alpha value is -3.47. The van der Waals surface area contributed by atoms with Crippen molar-refractivity contribution in [2.75, 3.05) is 45.7 Å². The summed E-state index contributed by atoms with van der Waals surface area (Å²) >= 11 is 0. The number of likely N-dealkylation sites (N-methyl/N-ethyl adjacent to an activating group) is 1. The fourth-order valence-corrected chi connectivity index (χ4v) is 7.98. The van der Waals surface area contributed by atoms with Gasteiger partial charge in [-0.05, 0) is 45.0 Å². The molecule has 5 bridgehead atoms. The number of fused-ring (bicyclic) bond motifs is 14. The zero-order valence-electron chi connectivity index (χ0n) is 34.8. The molecule has 3 aliphatic heterocycles. The number of nitrogens with zero attached hydrogens (tertiary/aromatic N) is 3. The van der Waals surface area contributed by atoms with E-state index in [1.54, 1.807) is 71.7 Å². The molecule has 57 heavy (non-hydrogen) atoms. The van der Waals surface area contributed by atoms with Gasteiger partial charge >= 0.3 is 29.6 Å². The number of amides is 1. The molecule has 3 heterocycles. The number of aliphatic hydroxyl groups excluding tert-OH is 3. The fourth-order valence-electron chi connectivity index (χ4n) is 7.98. The Kier molecular flexibility index (Phi) is 15.1. The minimum atomic E-state index is -1.51. The summed E-state index contributed by atoms with van der Waals surface area (Å²) in [6.45, 7) is 14.3. The van der Waals surface area contributed by atoms with Gasteiger partial charge in [0.25, 0.3) is 5.91 Å². The molecule has 306 valence electrons. The fraction of sp³-hybridized carbons (Fsp3) is 0.548. The number of carbonyl (C=O) groups excluding carboxylic acids is 2. The van der Waals surface area contributed by atoms with Gasteiger partial charge in [-0.3, -0.25) is 14.6 Å². The number of hydrogen-bond acceptors (Lipinski definition) is 13. The summed E-state index contributed by atoms with van der Waals surface area (Å²) in [6, 6.07) is 0. The van der Waals surface area contributed by atoms with Gasteiger partial charge in [-0.25, -0.2) is 0 Å². The number of aliphatic hydroxyl groups is 3. The molecule has 0 saturated carbocycles. The van der Waals surface area contributed by atoms with E-state index in [1.807, 2.05) is 7.05 Å². The third-order valence-electron chi connectivity index (χ3n) is 12.1. The van der Waals surface area contributed by atoms with Crippen LogP contribution in [-0.4, -0.2) is 129 Å². The third-order valence-corrected chi connectivity index (χ3v) is 12.1. The first-order valence-electron chi connectivity index (χ1n) is 19.2. The van der Waals surface area contributed by atoms with Gasteiger partial charge in [0.2, 0.25) is 5.78 Å². The number of piperazine rings is 1. The summed E-state index contributed by atoms with van der Waals surface area (Å²) < 4.78 is 11.8. The molecule has 1 aliphatic carbocycles. The maximum atomic E-state index is 14.4. The van der Waals surface area contributed by atoms with Gasteiger partial charge in [-0.15, -0.1) is 0 Å². The number of phenols is 3. The van der Waals surface area contributed by atoms with Crippen molar-refractivity contribution in [1.82, 2.24) is 9.91 Å². The molecule has 0 aromatic heterocycles. The summed E-state index contributed by atoms with van der Waals surface area (Å²) in [5.41, 5.74) is -0.823. The number of rotatable bonds is 3. The molecule has 6 rings (SSSR count). The number of phenolic OH excluding ortho intramolecular Hbond substituents is 3. The summed E-state index contributed by atoms with van der Waals surface area (Å²) in [5.74, 6) is -4.89. The smallest absolute Gasteiger partial charge is 0.507 e. The normalized spacial score (nSPS) is 32.8. The van der Waals surface area contributed by atoms with Crippen LogP contribution in [0.15, 0.2) is 41.2 Å². The van der Waals surface area contributed by atoms with E-state index in [0.717, 1.165) is 13.1 Å². The minimum absolute atomic E-state index is 0. The van der Waals surface area contributed by atoms with E-state index < -0.39 is 76.9 Å². The molecule has 1 saturated heterocycles. The number of hydrazone groups is 1. The van der Waals surface area contributed by atoms with Gasteiger partial charge in [0.15, 0.2) is 11.4 Å². The predicted molar refractivity (Wildman–Crippen MR) is 214 cm³/mol. The average Bonchev–Trinajstić information content (AvgIpc) is 3.44. The number of aromatic hydroxyl groups is 3. The van der Waals surface area contributed by atoms with Crippen molar-refractivity contribution in [1.29, 1.82) is 0 Å². The summed E-state index contributed by atoms with van der Waals surface area (Å²) in [5, 5.41) is 78.2. The van der Waals surface area contributed by atoms with Crippen molar-refractivity contribution in [2.24, 2.45) is 28.8 Å². The van der Waals surface area contributed by atoms with Crippen LogP contribution in [0, 0.1) is 30.6 Å².